The van der Waals surface area contributed by atoms with Crippen LogP contribution in [0.2, 0.25) is 0 Å². The van der Waals surface area contributed by atoms with Crippen LogP contribution in [0.4, 0.5) is 11.4 Å². The van der Waals surface area contributed by atoms with Crippen LogP contribution in [0.1, 0.15) is 59.3 Å². The van der Waals surface area contributed by atoms with Gasteiger partial charge in [-0.05, 0) is 19.3 Å². The van der Waals surface area contributed by atoms with Crippen molar-refractivity contribution in [1.29, 1.82) is 0 Å². The molecule has 1 aromatic carbocycles. The number of nitrogens with zero attached hydrogens (tertiary/aromatic N) is 1. The molecule has 5 nitrogen and oxygen atoms in total. The first kappa shape index (κ1) is 21.7. The van der Waals surface area contributed by atoms with E-state index in [-0.39, 0.29) is 0 Å². The lowest BCUT2D eigenvalue weighted by molar-refractivity contribution is 0.122. The summed E-state index contributed by atoms with van der Waals surface area (Å²) in [6.07, 6.45) is 6.71. The second-order valence-electron chi connectivity index (χ2n) is 7.10. The summed E-state index contributed by atoms with van der Waals surface area (Å²) in [7, 11) is 0. The zero-order valence-electron chi connectivity index (χ0n) is 17.5. The number of hydrogen-bond acceptors (Lipinski definition) is 5. The van der Waals surface area contributed by atoms with Gasteiger partial charge in [-0.3, -0.25) is 0 Å². The van der Waals surface area contributed by atoms with Gasteiger partial charge in [0.1, 0.15) is 11.5 Å². The third kappa shape index (κ3) is 7.13. The maximum atomic E-state index is 6.18. The Balaban J connectivity index is 2.26. The van der Waals surface area contributed by atoms with Crippen LogP contribution >= 0.6 is 0 Å². The molecule has 5 heteroatoms. The fraction of sp³-hybridized carbons (Fsp3) is 0.727. The molecule has 0 aliphatic carbocycles. The molecule has 1 N–H and O–H groups in total. The highest BCUT2D eigenvalue weighted by molar-refractivity contribution is 5.72. The number of hydrogen-bond donors (Lipinski definition) is 1. The minimum Gasteiger partial charge on any atom is -0.491 e. The lowest BCUT2D eigenvalue weighted by Gasteiger charge is -2.31. The average Bonchev–Trinajstić information content (AvgIpc) is 2.70. The number of anilines is 2. The van der Waals surface area contributed by atoms with E-state index in [1.807, 2.05) is 0 Å². The summed E-state index contributed by atoms with van der Waals surface area (Å²) in [5.74, 6) is 1.89. The molecule has 0 aromatic heterocycles. The Morgan fingerprint density at radius 1 is 0.889 bits per heavy atom. The van der Waals surface area contributed by atoms with Crippen molar-refractivity contribution in [2.75, 3.05) is 56.3 Å². The predicted molar refractivity (Wildman–Crippen MR) is 114 cm³/mol. The topological polar surface area (TPSA) is 43.0 Å². The van der Waals surface area contributed by atoms with Crippen molar-refractivity contribution < 1.29 is 14.2 Å². The van der Waals surface area contributed by atoms with E-state index < -0.39 is 0 Å². The largest absolute Gasteiger partial charge is 0.491 e. The molecule has 2 rings (SSSR count). The molecule has 0 amide bonds. The van der Waals surface area contributed by atoms with E-state index in [4.69, 9.17) is 14.2 Å². The lowest BCUT2D eigenvalue weighted by atomic mass is 10.2. The zero-order valence-corrected chi connectivity index (χ0v) is 17.5. The summed E-state index contributed by atoms with van der Waals surface area (Å²) in [5.41, 5.74) is 2.17. The molecule has 154 valence electrons. The maximum absolute atomic E-state index is 6.18. The van der Waals surface area contributed by atoms with E-state index in [1.54, 1.807) is 0 Å². The molecule has 1 fully saturated rings. The fourth-order valence-electron chi connectivity index (χ4n) is 3.03. The van der Waals surface area contributed by atoms with Crippen LogP contribution < -0.4 is 19.7 Å². The highest BCUT2D eigenvalue weighted by atomic mass is 16.5. The molecule has 0 bridgehead atoms. The highest BCUT2D eigenvalue weighted by Crippen LogP contribution is 2.39. The number of rotatable bonds is 13. The second kappa shape index (κ2) is 12.7. The molecule has 0 atom stereocenters. The smallest absolute Gasteiger partial charge is 0.144 e. The van der Waals surface area contributed by atoms with Crippen LogP contribution in [-0.2, 0) is 4.74 Å². The molecule has 0 radical (unpaired) electrons. The van der Waals surface area contributed by atoms with Gasteiger partial charge in [-0.1, -0.05) is 40.0 Å². The molecule has 1 heterocycles. The van der Waals surface area contributed by atoms with Crippen molar-refractivity contribution in [2.24, 2.45) is 0 Å². The van der Waals surface area contributed by atoms with Crippen LogP contribution in [0.3, 0.4) is 0 Å². The van der Waals surface area contributed by atoms with Crippen LogP contribution in [0.15, 0.2) is 12.1 Å². The third-order valence-corrected chi connectivity index (χ3v) is 4.77. The first-order valence-corrected chi connectivity index (χ1v) is 10.8. The molecule has 0 saturated carbocycles. The van der Waals surface area contributed by atoms with Gasteiger partial charge in [0, 0.05) is 31.8 Å². The van der Waals surface area contributed by atoms with Crippen molar-refractivity contribution in [2.45, 2.75) is 59.3 Å². The van der Waals surface area contributed by atoms with Crippen molar-refractivity contribution in [1.82, 2.24) is 0 Å². The summed E-state index contributed by atoms with van der Waals surface area (Å²) in [4.78, 5) is 2.35. The van der Waals surface area contributed by atoms with Gasteiger partial charge in [-0.15, -0.1) is 0 Å². The summed E-state index contributed by atoms with van der Waals surface area (Å²) in [6.45, 7) is 12.3. The Labute approximate surface area is 165 Å². The molecule has 0 unspecified atom stereocenters. The van der Waals surface area contributed by atoms with Gasteiger partial charge in [0.15, 0.2) is 0 Å². The third-order valence-electron chi connectivity index (χ3n) is 4.77. The van der Waals surface area contributed by atoms with Gasteiger partial charge in [-0.2, -0.15) is 0 Å². The van der Waals surface area contributed by atoms with E-state index in [0.29, 0.717) is 0 Å². The van der Waals surface area contributed by atoms with Crippen molar-refractivity contribution in [3.63, 3.8) is 0 Å². The molecule has 1 saturated heterocycles. The van der Waals surface area contributed by atoms with Crippen molar-refractivity contribution in [3.05, 3.63) is 12.1 Å². The van der Waals surface area contributed by atoms with E-state index in [2.05, 4.69) is 43.1 Å². The van der Waals surface area contributed by atoms with Crippen molar-refractivity contribution >= 4 is 11.4 Å². The predicted octanol–water partition coefficient (Wildman–Crippen LogP) is 5.09. The second-order valence-corrected chi connectivity index (χ2v) is 7.10. The molecule has 1 aliphatic heterocycles. The summed E-state index contributed by atoms with van der Waals surface area (Å²) in [5, 5.41) is 3.55. The first-order valence-electron chi connectivity index (χ1n) is 10.8. The Hall–Kier alpha value is -1.62. The SMILES string of the molecule is CCCCNc1cc(OCCCC)c(N2CCOCC2)cc1OCCCC. The monoisotopic (exact) mass is 378 g/mol. The normalized spacial score (nSPS) is 14.3. The number of nitrogens with one attached hydrogen (secondary N) is 1. The fourth-order valence-corrected chi connectivity index (χ4v) is 3.03. The van der Waals surface area contributed by atoms with E-state index in [9.17, 15) is 0 Å². The zero-order chi connectivity index (χ0) is 19.3. The Morgan fingerprint density at radius 2 is 1.52 bits per heavy atom. The molecule has 27 heavy (non-hydrogen) atoms. The molecular weight excluding hydrogens is 340 g/mol. The van der Waals surface area contributed by atoms with Crippen LogP contribution in [0.25, 0.3) is 0 Å². The van der Waals surface area contributed by atoms with Gasteiger partial charge < -0.3 is 24.4 Å². The van der Waals surface area contributed by atoms with Crippen molar-refractivity contribution in [3.8, 4) is 11.5 Å². The minimum atomic E-state index is 0.748. The minimum absolute atomic E-state index is 0.748. The van der Waals surface area contributed by atoms with Gasteiger partial charge in [0.2, 0.25) is 0 Å². The molecule has 0 spiro atoms. The number of benzene rings is 1. The standard InChI is InChI=1S/C22H38N2O3/c1-4-7-10-23-19-17-22(27-14-9-6-3)20(24-11-15-25-16-12-24)18-21(19)26-13-8-5-2/h17-18,23H,4-16H2,1-3H3. The molecule has 1 aromatic rings. The number of morpholine rings is 1. The van der Waals surface area contributed by atoms with E-state index in [0.717, 1.165) is 101 Å². The first-order chi connectivity index (χ1) is 13.3. The number of ether oxygens (including phenoxy) is 3. The van der Waals surface area contributed by atoms with Crippen LogP contribution in [0, 0.1) is 0 Å². The summed E-state index contributed by atoms with van der Waals surface area (Å²) < 4.78 is 17.9. The van der Waals surface area contributed by atoms with Crippen LogP contribution in [0.5, 0.6) is 11.5 Å². The maximum Gasteiger partial charge on any atom is 0.144 e. The average molecular weight is 379 g/mol. The van der Waals surface area contributed by atoms with Gasteiger partial charge in [0.05, 0.1) is 37.8 Å². The summed E-state index contributed by atoms with van der Waals surface area (Å²) in [6, 6.07) is 4.30. The van der Waals surface area contributed by atoms with E-state index in [1.165, 1.54) is 6.42 Å². The number of unbranched alkanes of at least 4 members (excludes halogenated alkanes) is 3. The quantitative estimate of drug-likeness (QED) is 0.484. The van der Waals surface area contributed by atoms with Gasteiger partial charge in [0.25, 0.3) is 0 Å². The Morgan fingerprint density at radius 3 is 2.15 bits per heavy atom. The van der Waals surface area contributed by atoms with E-state index >= 15 is 0 Å². The van der Waals surface area contributed by atoms with Gasteiger partial charge in [-0.25, -0.2) is 0 Å². The Kier molecular flexibility index (Phi) is 10.2. The highest BCUT2D eigenvalue weighted by Gasteiger charge is 2.19. The van der Waals surface area contributed by atoms with Crippen LogP contribution in [-0.4, -0.2) is 46.1 Å². The Bertz CT molecular complexity index is 531. The lowest BCUT2D eigenvalue weighted by Crippen LogP contribution is -2.36. The summed E-state index contributed by atoms with van der Waals surface area (Å²) >= 11 is 0. The molecule has 1 aliphatic rings. The molecular formula is C22H38N2O3. The van der Waals surface area contributed by atoms with Gasteiger partial charge >= 0.3 is 0 Å².